The molecule has 0 radical (unpaired) electrons. The van der Waals surface area contributed by atoms with Crippen molar-refractivity contribution in [3.63, 3.8) is 0 Å². The van der Waals surface area contributed by atoms with Crippen molar-refractivity contribution in [1.82, 2.24) is 9.80 Å². The third-order valence-corrected chi connectivity index (χ3v) is 4.29. The summed E-state index contributed by atoms with van der Waals surface area (Å²) in [5, 5.41) is 0. The van der Waals surface area contributed by atoms with Gasteiger partial charge in [0.2, 0.25) is 0 Å². The highest BCUT2D eigenvalue weighted by Gasteiger charge is 2.27. The van der Waals surface area contributed by atoms with E-state index in [9.17, 15) is 0 Å². The fourth-order valence-electron chi connectivity index (χ4n) is 2.49. The summed E-state index contributed by atoms with van der Waals surface area (Å²) in [5.41, 5.74) is 6.17. The molecule has 1 aliphatic heterocycles. The maximum Gasteiger partial charge on any atom is 0.0117 e. The minimum atomic E-state index is 0.290. The van der Waals surface area contributed by atoms with E-state index in [0.717, 1.165) is 19.1 Å². The van der Waals surface area contributed by atoms with Crippen molar-refractivity contribution in [3.8, 4) is 0 Å². The van der Waals surface area contributed by atoms with Gasteiger partial charge in [-0.15, -0.1) is 0 Å². The lowest BCUT2D eigenvalue weighted by molar-refractivity contribution is 0.101. The molecule has 0 amide bonds. The molecule has 0 aromatic heterocycles. The van der Waals surface area contributed by atoms with Crippen LogP contribution in [0.2, 0.25) is 0 Å². The molecular formula is C13H29N3. The molecule has 1 aliphatic rings. The van der Waals surface area contributed by atoms with Crippen molar-refractivity contribution >= 4 is 0 Å². The van der Waals surface area contributed by atoms with E-state index in [1.54, 1.807) is 0 Å². The van der Waals surface area contributed by atoms with Gasteiger partial charge in [-0.25, -0.2) is 0 Å². The molecule has 1 heterocycles. The van der Waals surface area contributed by atoms with Gasteiger partial charge in [0, 0.05) is 12.6 Å². The maximum absolute atomic E-state index is 5.88. The zero-order chi connectivity index (χ0) is 12.2. The first kappa shape index (κ1) is 13.9. The lowest BCUT2D eigenvalue weighted by Gasteiger charge is -2.39. The first-order valence-electron chi connectivity index (χ1n) is 6.59. The third kappa shape index (κ3) is 3.72. The van der Waals surface area contributed by atoms with Gasteiger partial charge in [-0.1, -0.05) is 13.8 Å². The Morgan fingerprint density at radius 3 is 2.38 bits per heavy atom. The smallest absolute Gasteiger partial charge is 0.0117 e. The fourth-order valence-corrected chi connectivity index (χ4v) is 2.49. The van der Waals surface area contributed by atoms with Gasteiger partial charge in [0.25, 0.3) is 0 Å². The van der Waals surface area contributed by atoms with E-state index in [2.05, 4.69) is 37.7 Å². The molecule has 0 bridgehead atoms. The Labute approximate surface area is 101 Å². The number of piperidine rings is 1. The molecule has 0 saturated carbocycles. The van der Waals surface area contributed by atoms with Gasteiger partial charge >= 0.3 is 0 Å². The molecule has 2 N–H and O–H groups in total. The van der Waals surface area contributed by atoms with E-state index >= 15 is 0 Å². The predicted molar refractivity (Wildman–Crippen MR) is 70.6 cm³/mol. The van der Waals surface area contributed by atoms with Gasteiger partial charge < -0.3 is 15.5 Å². The van der Waals surface area contributed by atoms with Crippen LogP contribution in [-0.2, 0) is 0 Å². The molecule has 3 nitrogen and oxygen atoms in total. The van der Waals surface area contributed by atoms with Crippen LogP contribution >= 0.6 is 0 Å². The minimum Gasteiger partial charge on any atom is -0.330 e. The quantitative estimate of drug-likeness (QED) is 0.770. The highest BCUT2D eigenvalue weighted by molar-refractivity contribution is 4.83. The van der Waals surface area contributed by atoms with Crippen molar-refractivity contribution in [1.29, 1.82) is 0 Å². The van der Waals surface area contributed by atoms with Crippen LogP contribution in [0.5, 0.6) is 0 Å². The number of hydrogen-bond acceptors (Lipinski definition) is 3. The Hall–Kier alpha value is -0.120. The minimum absolute atomic E-state index is 0.290. The fraction of sp³-hybridized carbons (Fsp3) is 1.00. The van der Waals surface area contributed by atoms with Crippen LogP contribution in [0.1, 0.15) is 33.1 Å². The molecule has 1 atom stereocenters. The van der Waals surface area contributed by atoms with E-state index in [1.807, 2.05) is 0 Å². The van der Waals surface area contributed by atoms with E-state index in [-0.39, 0.29) is 5.41 Å². The highest BCUT2D eigenvalue weighted by atomic mass is 15.2. The van der Waals surface area contributed by atoms with Crippen LogP contribution in [0.15, 0.2) is 0 Å². The van der Waals surface area contributed by atoms with Crippen LogP contribution in [0, 0.1) is 5.41 Å². The molecule has 0 aromatic rings. The first-order chi connectivity index (χ1) is 7.50. The second-order valence-electron chi connectivity index (χ2n) is 5.82. The lowest BCUT2D eigenvalue weighted by atomic mass is 9.86. The zero-order valence-electron chi connectivity index (χ0n) is 11.5. The van der Waals surface area contributed by atoms with E-state index in [4.69, 9.17) is 5.73 Å². The van der Waals surface area contributed by atoms with Crippen LogP contribution in [0.3, 0.4) is 0 Å². The molecule has 1 rings (SSSR count). The number of hydrogen-bond donors (Lipinski definition) is 1. The summed E-state index contributed by atoms with van der Waals surface area (Å²) in [6.45, 7) is 8.95. The Morgan fingerprint density at radius 1 is 1.38 bits per heavy atom. The van der Waals surface area contributed by atoms with Crippen LogP contribution < -0.4 is 5.73 Å². The number of likely N-dealkylation sites (tertiary alicyclic amines) is 1. The Balaban J connectivity index is 2.42. The van der Waals surface area contributed by atoms with Crippen LogP contribution in [0.4, 0.5) is 0 Å². The summed E-state index contributed by atoms with van der Waals surface area (Å²) in [5.74, 6) is 0. The molecule has 0 aliphatic carbocycles. The molecule has 0 aromatic carbocycles. The third-order valence-electron chi connectivity index (χ3n) is 4.29. The van der Waals surface area contributed by atoms with Crippen molar-refractivity contribution in [2.75, 3.05) is 40.3 Å². The molecule has 1 saturated heterocycles. The second-order valence-corrected chi connectivity index (χ2v) is 5.82. The maximum atomic E-state index is 5.88. The topological polar surface area (TPSA) is 32.5 Å². The molecular weight excluding hydrogens is 198 g/mol. The van der Waals surface area contributed by atoms with Crippen molar-refractivity contribution in [3.05, 3.63) is 0 Å². The zero-order valence-corrected chi connectivity index (χ0v) is 11.5. The lowest BCUT2D eigenvalue weighted by Crippen LogP contribution is -2.47. The van der Waals surface area contributed by atoms with Gasteiger partial charge in [0.15, 0.2) is 0 Å². The standard InChI is InChI=1S/C13H29N3/c1-5-13(2,10-14)11-16(4)12-6-8-15(3)9-7-12/h12H,5-11,14H2,1-4H3. The van der Waals surface area contributed by atoms with Gasteiger partial charge in [0.1, 0.15) is 0 Å². The summed E-state index contributed by atoms with van der Waals surface area (Å²) >= 11 is 0. The summed E-state index contributed by atoms with van der Waals surface area (Å²) in [7, 11) is 4.48. The number of nitrogens with zero attached hydrogens (tertiary/aromatic N) is 2. The van der Waals surface area contributed by atoms with Crippen LogP contribution in [0.25, 0.3) is 0 Å². The van der Waals surface area contributed by atoms with Crippen molar-refractivity contribution in [2.24, 2.45) is 11.1 Å². The monoisotopic (exact) mass is 227 g/mol. The molecule has 16 heavy (non-hydrogen) atoms. The van der Waals surface area contributed by atoms with Gasteiger partial charge in [0.05, 0.1) is 0 Å². The van der Waals surface area contributed by atoms with E-state index in [0.29, 0.717) is 0 Å². The number of rotatable bonds is 5. The van der Waals surface area contributed by atoms with Crippen molar-refractivity contribution < 1.29 is 0 Å². The normalized spacial score (nSPS) is 23.6. The highest BCUT2D eigenvalue weighted by Crippen LogP contribution is 2.23. The predicted octanol–water partition coefficient (Wildman–Crippen LogP) is 1.39. The summed E-state index contributed by atoms with van der Waals surface area (Å²) in [4.78, 5) is 4.95. The number of nitrogens with two attached hydrogens (primary N) is 1. The van der Waals surface area contributed by atoms with E-state index < -0.39 is 0 Å². The summed E-state index contributed by atoms with van der Waals surface area (Å²) in [6.07, 6.45) is 3.77. The molecule has 0 spiro atoms. The second kappa shape index (κ2) is 5.99. The molecule has 1 unspecified atom stereocenters. The van der Waals surface area contributed by atoms with Crippen LogP contribution in [-0.4, -0.2) is 56.1 Å². The average molecular weight is 227 g/mol. The SMILES string of the molecule is CCC(C)(CN)CN(C)C1CCN(C)CC1. The summed E-state index contributed by atoms with van der Waals surface area (Å²) in [6, 6.07) is 0.758. The molecule has 1 fully saturated rings. The van der Waals surface area contributed by atoms with Gasteiger partial charge in [-0.05, 0) is 58.4 Å². The first-order valence-corrected chi connectivity index (χ1v) is 6.59. The largest absolute Gasteiger partial charge is 0.330 e. The molecule has 96 valence electrons. The molecule has 3 heteroatoms. The van der Waals surface area contributed by atoms with Crippen molar-refractivity contribution in [2.45, 2.75) is 39.2 Å². The Bertz CT molecular complexity index is 193. The van der Waals surface area contributed by atoms with Gasteiger partial charge in [-0.3, -0.25) is 0 Å². The Morgan fingerprint density at radius 2 is 1.94 bits per heavy atom. The van der Waals surface area contributed by atoms with Gasteiger partial charge in [-0.2, -0.15) is 0 Å². The Kier molecular flexibility index (Phi) is 5.22. The summed E-state index contributed by atoms with van der Waals surface area (Å²) < 4.78 is 0. The van der Waals surface area contributed by atoms with E-state index in [1.165, 1.54) is 32.4 Å². The average Bonchev–Trinajstić information content (AvgIpc) is 2.29.